The molecule has 0 bridgehead atoms. The number of halogens is 1. The lowest BCUT2D eigenvalue weighted by Gasteiger charge is -2.22. The number of carbonyl (C=O) groups is 1. The molecular formula is C16H22FNO3. The molecule has 1 aromatic carbocycles. The highest BCUT2D eigenvalue weighted by Gasteiger charge is 2.33. The second kappa shape index (κ2) is 6.89. The van der Waals surface area contributed by atoms with E-state index in [0.29, 0.717) is 17.9 Å². The number of ether oxygens (including phenoxy) is 1. The molecular weight excluding hydrogens is 273 g/mol. The summed E-state index contributed by atoms with van der Waals surface area (Å²) in [7, 11) is 1.52. The fraction of sp³-hybridized carbons (Fsp3) is 0.562. The molecule has 2 N–H and O–H groups in total. The van der Waals surface area contributed by atoms with Crippen LogP contribution in [0.3, 0.4) is 0 Å². The average Bonchev–Trinajstić information content (AvgIpc) is 2.93. The normalized spacial score (nSPS) is 23.0. The van der Waals surface area contributed by atoms with E-state index < -0.39 is 5.97 Å². The van der Waals surface area contributed by atoms with Gasteiger partial charge in [-0.2, -0.15) is 0 Å². The molecule has 116 valence electrons. The van der Waals surface area contributed by atoms with Crippen molar-refractivity contribution in [2.75, 3.05) is 13.7 Å². The zero-order chi connectivity index (χ0) is 15.4. The number of hydrogen-bond donors (Lipinski definition) is 2. The summed E-state index contributed by atoms with van der Waals surface area (Å²) in [5.41, 5.74) is 0.491. The highest BCUT2D eigenvalue weighted by atomic mass is 19.1. The van der Waals surface area contributed by atoms with Gasteiger partial charge in [-0.05, 0) is 44.4 Å². The Bertz CT molecular complexity index is 506. The van der Waals surface area contributed by atoms with Crippen LogP contribution in [0.15, 0.2) is 18.2 Å². The van der Waals surface area contributed by atoms with Crippen molar-refractivity contribution in [2.45, 2.75) is 32.2 Å². The van der Waals surface area contributed by atoms with Crippen molar-refractivity contribution in [3.05, 3.63) is 29.6 Å². The minimum Gasteiger partial charge on any atom is -0.496 e. The molecule has 21 heavy (non-hydrogen) atoms. The molecule has 0 aromatic heterocycles. The number of methoxy groups -OCH3 is 1. The minimum absolute atomic E-state index is 0.114. The van der Waals surface area contributed by atoms with Crippen molar-refractivity contribution in [1.29, 1.82) is 0 Å². The maximum absolute atomic E-state index is 14.0. The van der Waals surface area contributed by atoms with Crippen molar-refractivity contribution >= 4 is 5.97 Å². The summed E-state index contributed by atoms with van der Waals surface area (Å²) in [6, 6.07) is 4.52. The summed E-state index contributed by atoms with van der Waals surface area (Å²) < 4.78 is 19.2. The van der Waals surface area contributed by atoms with Crippen LogP contribution in [-0.4, -0.2) is 24.7 Å². The molecule has 1 aromatic rings. The number of aliphatic carboxylic acids is 1. The third kappa shape index (κ3) is 3.53. The second-order valence-corrected chi connectivity index (χ2v) is 5.62. The topological polar surface area (TPSA) is 58.6 Å². The van der Waals surface area contributed by atoms with Gasteiger partial charge in [0, 0.05) is 11.6 Å². The van der Waals surface area contributed by atoms with Gasteiger partial charge < -0.3 is 15.2 Å². The molecule has 0 spiro atoms. The second-order valence-electron chi connectivity index (χ2n) is 5.62. The molecule has 4 nitrogen and oxygen atoms in total. The summed E-state index contributed by atoms with van der Waals surface area (Å²) >= 11 is 0. The zero-order valence-corrected chi connectivity index (χ0v) is 12.4. The Morgan fingerprint density at radius 1 is 1.52 bits per heavy atom. The Morgan fingerprint density at radius 2 is 2.29 bits per heavy atom. The van der Waals surface area contributed by atoms with E-state index >= 15 is 0 Å². The predicted octanol–water partition coefficient (Wildman–Crippen LogP) is 2.99. The quantitative estimate of drug-likeness (QED) is 0.847. The molecule has 5 heteroatoms. The van der Waals surface area contributed by atoms with Crippen LogP contribution in [0.5, 0.6) is 5.75 Å². The van der Waals surface area contributed by atoms with Crippen LogP contribution in [0.1, 0.15) is 37.8 Å². The first-order valence-electron chi connectivity index (χ1n) is 7.33. The molecule has 3 unspecified atom stereocenters. The van der Waals surface area contributed by atoms with Gasteiger partial charge in [0.1, 0.15) is 11.6 Å². The van der Waals surface area contributed by atoms with E-state index in [-0.39, 0.29) is 23.7 Å². The van der Waals surface area contributed by atoms with Crippen LogP contribution < -0.4 is 10.1 Å². The number of carboxylic acids is 1. The Labute approximate surface area is 124 Å². The number of nitrogens with one attached hydrogen (secondary N) is 1. The number of benzene rings is 1. The summed E-state index contributed by atoms with van der Waals surface area (Å²) in [5, 5.41) is 12.4. The highest BCUT2D eigenvalue weighted by molar-refractivity contribution is 5.70. The van der Waals surface area contributed by atoms with Crippen LogP contribution in [0.25, 0.3) is 0 Å². The third-order valence-electron chi connectivity index (χ3n) is 4.33. The lowest BCUT2D eigenvalue weighted by molar-refractivity contribution is -0.142. The SMILES string of the molecule is COc1cccc(F)c1C(C)NCC1CCCC1C(=O)O. The molecule has 0 heterocycles. The van der Waals surface area contributed by atoms with Gasteiger partial charge in [-0.15, -0.1) is 0 Å². The van der Waals surface area contributed by atoms with Gasteiger partial charge in [-0.1, -0.05) is 12.5 Å². The smallest absolute Gasteiger partial charge is 0.306 e. The molecule has 1 aliphatic rings. The molecule has 0 saturated heterocycles. The lowest BCUT2D eigenvalue weighted by Crippen LogP contribution is -2.31. The fourth-order valence-corrected chi connectivity index (χ4v) is 3.15. The zero-order valence-electron chi connectivity index (χ0n) is 12.4. The maximum Gasteiger partial charge on any atom is 0.306 e. The van der Waals surface area contributed by atoms with Crippen molar-refractivity contribution in [3.63, 3.8) is 0 Å². The number of carboxylic acid groups (broad SMARTS) is 1. The summed E-state index contributed by atoms with van der Waals surface area (Å²) in [6.07, 6.45) is 2.59. The van der Waals surface area contributed by atoms with Gasteiger partial charge >= 0.3 is 5.97 Å². The maximum atomic E-state index is 14.0. The van der Waals surface area contributed by atoms with Gasteiger partial charge in [0.2, 0.25) is 0 Å². The summed E-state index contributed by atoms with van der Waals surface area (Å²) in [6.45, 7) is 2.45. The van der Waals surface area contributed by atoms with Crippen LogP contribution in [-0.2, 0) is 4.79 Å². The van der Waals surface area contributed by atoms with E-state index in [1.165, 1.54) is 13.2 Å². The van der Waals surface area contributed by atoms with Crippen LogP contribution >= 0.6 is 0 Å². The molecule has 2 rings (SSSR count). The Hall–Kier alpha value is -1.62. The van der Waals surface area contributed by atoms with Gasteiger partial charge in [-0.25, -0.2) is 4.39 Å². The highest BCUT2D eigenvalue weighted by Crippen LogP contribution is 2.33. The van der Waals surface area contributed by atoms with Crippen molar-refractivity contribution < 1.29 is 19.0 Å². The van der Waals surface area contributed by atoms with Crippen LogP contribution in [0, 0.1) is 17.7 Å². The third-order valence-corrected chi connectivity index (χ3v) is 4.33. The molecule has 1 saturated carbocycles. The average molecular weight is 295 g/mol. The molecule has 1 aliphatic carbocycles. The first kappa shape index (κ1) is 15.8. The van der Waals surface area contributed by atoms with Crippen molar-refractivity contribution in [2.24, 2.45) is 11.8 Å². The molecule has 0 radical (unpaired) electrons. The van der Waals surface area contributed by atoms with E-state index in [1.54, 1.807) is 12.1 Å². The fourth-order valence-electron chi connectivity index (χ4n) is 3.15. The number of rotatable bonds is 6. The lowest BCUT2D eigenvalue weighted by atomic mass is 9.95. The molecule has 3 atom stereocenters. The molecule has 0 aliphatic heterocycles. The van der Waals surface area contributed by atoms with E-state index in [1.807, 2.05) is 6.92 Å². The molecule has 0 amide bonds. The van der Waals surface area contributed by atoms with E-state index in [0.717, 1.165) is 19.3 Å². The van der Waals surface area contributed by atoms with E-state index in [9.17, 15) is 14.3 Å². The minimum atomic E-state index is -0.726. The Balaban J connectivity index is 2.02. The standard InChI is InChI=1S/C16H22FNO3/c1-10(15-13(17)7-4-8-14(15)21-2)18-9-11-5-3-6-12(11)16(19)20/h4,7-8,10-12,18H,3,5-6,9H2,1-2H3,(H,19,20). The Kier molecular flexibility index (Phi) is 5.17. The van der Waals surface area contributed by atoms with Gasteiger partial charge in [0.15, 0.2) is 0 Å². The molecule has 1 fully saturated rings. The van der Waals surface area contributed by atoms with E-state index in [4.69, 9.17) is 4.74 Å². The first-order valence-corrected chi connectivity index (χ1v) is 7.33. The van der Waals surface area contributed by atoms with Crippen LogP contribution in [0.2, 0.25) is 0 Å². The van der Waals surface area contributed by atoms with Gasteiger partial charge in [-0.3, -0.25) is 4.79 Å². The largest absolute Gasteiger partial charge is 0.496 e. The van der Waals surface area contributed by atoms with E-state index in [2.05, 4.69) is 5.32 Å². The van der Waals surface area contributed by atoms with Crippen molar-refractivity contribution in [3.8, 4) is 5.75 Å². The van der Waals surface area contributed by atoms with Gasteiger partial charge in [0.05, 0.1) is 13.0 Å². The summed E-state index contributed by atoms with van der Waals surface area (Å²) in [4.78, 5) is 11.2. The van der Waals surface area contributed by atoms with Crippen LogP contribution in [0.4, 0.5) is 4.39 Å². The Morgan fingerprint density at radius 3 is 2.95 bits per heavy atom. The van der Waals surface area contributed by atoms with Gasteiger partial charge in [0.25, 0.3) is 0 Å². The van der Waals surface area contributed by atoms with Crippen molar-refractivity contribution in [1.82, 2.24) is 5.32 Å². The summed E-state index contributed by atoms with van der Waals surface area (Å²) in [5.74, 6) is -0.697. The monoisotopic (exact) mass is 295 g/mol. The first-order chi connectivity index (χ1) is 10.0. The predicted molar refractivity (Wildman–Crippen MR) is 77.8 cm³/mol. The number of hydrogen-bond acceptors (Lipinski definition) is 3.